The zero-order valence-corrected chi connectivity index (χ0v) is 18.4. The van der Waals surface area contributed by atoms with Gasteiger partial charge in [0, 0.05) is 5.92 Å². The van der Waals surface area contributed by atoms with Crippen LogP contribution in [0.5, 0.6) is 0 Å². The number of rotatable bonds is 7. The molecular weight excluding hydrogens is 436 g/mol. The smallest absolute Gasteiger partial charge is 0.411 e. The van der Waals surface area contributed by atoms with Gasteiger partial charge in [0.25, 0.3) is 5.91 Å². The normalized spacial score (nSPS) is 13.8. The van der Waals surface area contributed by atoms with Crippen LogP contribution >= 0.6 is 0 Å². The summed E-state index contributed by atoms with van der Waals surface area (Å²) in [6, 6.07) is 20.6. The summed E-state index contributed by atoms with van der Waals surface area (Å²) in [6.07, 6.45) is -2.05. The number of aliphatic hydroxyl groups is 1. The highest BCUT2D eigenvalue weighted by Crippen LogP contribution is 2.44. The third-order valence-electron chi connectivity index (χ3n) is 5.79. The minimum atomic E-state index is -1.49. The molecule has 0 saturated carbocycles. The first-order valence-electron chi connectivity index (χ1n) is 10.8. The molecule has 3 aromatic rings. The quantitative estimate of drug-likeness (QED) is 0.427. The highest BCUT2D eigenvalue weighted by molar-refractivity contribution is 6.03. The van der Waals surface area contributed by atoms with Crippen molar-refractivity contribution in [1.82, 2.24) is 5.32 Å². The first kappa shape index (κ1) is 23.0. The van der Waals surface area contributed by atoms with Crippen molar-refractivity contribution in [1.29, 1.82) is 0 Å². The SMILES string of the molecule is CC(O)C(NC(=O)c1ccccc1NC(=O)OCC1c2ccccc2-c2ccccc21)C(=O)O. The molecule has 4 N–H and O–H groups in total. The predicted molar refractivity (Wildman–Crippen MR) is 126 cm³/mol. The number of aliphatic hydroxyl groups excluding tert-OH is 1. The van der Waals surface area contributed by atoms with Crippen molar-refractivity contribution >= 4 is 23.7 Å². The third-order valence-corrected chi connectivity index (χ3v) is 5.79. The number of para-hydroxylation sites is 1. The van der Waals surface area contributed by atoms with Crippen LogP contribution < -0.4 is 10.6 Å². The van der Waals surface area contributed by atoms with Crippen LogP contribution in [-0.4, -0.2) is 46.9 Å². The number of anilines is 1. The third kappa shape index (κ3) is 4.62. The van der Waals surface area contributed by atoms with Crippen LogP contribution in [0.2, 0.25) is 0 Å². The number of nitrogens with one attached hydrogen (secondary N) is 2. The number of carbonyl (C=O) groups excluding carboxylic acids is 2. The summed E-state index contributed by atoms with van der Waals surface area (Å²) in [7, 11) is 0. The predicted octanol–water partition coefficient (Wildman–Crippen LogP) is 3.61. The number of amides is 2. The summed E-state index contributed by atoms with van der Waals surface area (Å²) >= 11 is 0. The van der Waals surface area contributed by atoms with Gasteiger partial charge in [0.05, 0.1) is 17.4 Å². The highest BCUT2D eigenvalue weighted by atomic mass is 16.5. The Hall–Kier alpha value is -4.17. The maximum Gasteiger partial charge on any atom is 0.411 e. The molecule has 0 aromatic heterocycles. The fourth-order valence-electron chi connectivity index (χ4n) is 4.14. The van der Waals surface area contributed by atoms with Gasteiger partial charge < -0.3 is 20.3 Å². The van der Waals surface area contributed by atoms with Gasteiger partial charge in [-0.1, -0.05) is 60.7 Å². The van der Waals surface area contributed by atoms with Crippen LogP contribution in [0, 0.1) is 0 Å². The van der Waals surface area contributed by atoms with E-state index in [2.05, 4.69) is 10.6 Å². The fourth-order valence-corrected chi connectivity index (χ4v) is 4.14. The number of carbonyl (C=O) groups is 3. The van der Waals surface area contributed by atoms with Crippen LogP contribution in [0.25, 0.3) is 11.1 Å². The van der Waals surface area contributed by atoms with Gasteiger partial charge in [0.1, 0.15) is 6.61 Å². The molecule has 2 amide bonds. The Morgan fingerprint density at radius 3 is 2.06 bits per heavy atom. The molecule has 4 rings (SSSR count). The minimum Gasteiger partial charge on any atom is -0.480 e. The Labute approximate surface area is 196 Å². The van der Waals surface area contributed by atoms with Crippen molar-refractivity contribution in [3.63, 3.8) is 0 Å². The average molecular weight is 460 g/mol. The first-order valence-corrected chi connectivity index (χ1v) is 10.8. The monoisotopic (exact) mass is 460 g/mol. The van der Waals surface area contributed by atoms with Crippen LogP contribution in [-0.2, 0) is 9.53 Å². The van der Waals surface area contributed by atoms with Gasteiger partial charge in [-0.2, -0.15) is 0 Å². The van der Waals surface area contributed by atoms with E-state index >= 15 is 0 Å². The molecule has 8 nitrogen and oxygen atoms in total. The van der Waals surface area contributed by atoms with Gasteiger partial charge in [-0.05, 0) is 41.3 Å². The average Bonchev–Trinajstić information content (AvgIpc) is 3.14. The molecule has 0 fully saturated rings. The van der Waals surface area contributed by atoms with Gasteiger partial charge >= 0.3 is 12.1 Å². The van der Waals surface area contributed by atoms with Gasteiger partial charge in [0.2, 0.25) is 0 Å². The zero-order valence-electron chi connectivity index (χ0n) is 18.4. The van der Waals surface area contributed by atoms with Crippen molar-refractivity contribution in [2.75, 3.05) is 11.9 Å². The second kappa shape index (κ2) is 9.76. The van der Waals surface area contributed by atoms with Gasteiger partial charge in [0.15, 0.2) is 6.04 Å². The van der Waals surface area contributed by atoms with E-state index in [0.717, 1.165) is 22.3 Å². The Kier molecular flexibility index (Phi) is 6.60. The van der Waals surface area contributed by atoms with Crippen molar-refractivity contribution in [2.45, 2.75) is 25.0 Å². The Morgan fingerprint density at radius 1 is 0.912 bits per heavy atom. The zero-order chi connectivity index (χ0) is 24.2. The summed E-state index contributed by atoms with van der Waals surface area (Å²) in [6.45, 7) is 1.37. The first-order chi connectivity index (χ1) is 16.4. The fraction of sp³-hybridized carbons (Fsp3) is 0.192. The van der Waals surface area contributed by atoms with E-state index in [9.17, 15) is 24.6 Å². The lowest BCUT2D eigenvalue weighted by atomic mass is 9.98. The molecule has 0 bridgehead atoms. The van der Waals surface area contributed by atoms with E-state index in [1.807, 2.05) is 48.5 Å². The number of ether oxygens (including phenoxy) is 1. The minimum absolute atomic E-state index is 0.0444. The number of hydrogen-bond acceptors (Lipinski definition) is 5. The van der Waals surface area contributed by atoms with Crippen molar-refractivity contribution in [2.24, 2.45) is 0 Å². The van der Waals surface area contributed by atoms with Gasteiger partial charge in [-0.3, -0.25) is 10.1 Å². The van der Waals surface area contributed by atoms with E-state index in [-0.39, 0.29) is 23.8 Å². The lowest BCUT2D eigenvalue weighted by Crippen LogP contribution is -2.47. The number of carboxylic acids is 1. The number of fused-ring (bicyclic) bond motifs is 3. The Bertz CT molecular complexity index is 1190. The van der Waals surface area contributed by atoms with E-state index in [1.165, 1.54) is 19.1 Å². The number of carboxylic acid groups (broad SMARTS) is 1. The summed E-state index contributed by atoms with van der Waals surface area (Å²) in [5.41, 5.74) is 4.58. The molecule has 174 valence electrons. The summed E-state index contributed by atoms with van der Waals surface area (Å²) in [4.78, 5) is 36.5. The summed E-state index contributed by atoms with van der Waals surface area (Å²) < 4.78 is 5.52. The van der Waals surface area contributed by atoms with Crippen LogP contribution in [0.1, 0.15) is 34.3 Å². The molecule has 2 atom stereocenters. The van der Waals surface area contributed by atoms with Crippen molar-refractivity contribution in [3.8, 4) is 11.1 Å². The highest BCUT2D eigenvalue weighted by Gasteiger charge is 2.29. The van der Waals surface area contributed by atoms with Crippen LogP contribution in [0.15, 0.2) is 72.8 Å². The molecular formula is C26H24N2O6. The molecule has 2 unspecified atom stereocenters. The number of hydrogen-bond donors (Lipinski definition) is 4. The van der Waals surface area contributed by atoms with Crippen LogP contribution in [0.4, 0.5) is 10.5 Å². The standard InChI is InChI=1S/C26H24N2O6/c1-15(29)23(25(31)32)28-24(30)20-12-6-7-13-22(20)27-26(33)34-14-21-18-10-4-2-8-16(18)17-9-3-5-11-19(17)21/h2-13,15,21,23,29H,14H2,1H3,(H,27,33)(H,28,30)(H,31,32). The van der Waals surface area contributed by atoms with Gasteiger partial charge in [-0.25, -0.2) is 9.59 Å². The molecule has 0 radical (unpaired) electrons. The Morgan fingerprint density at radius 2 is 1.47 bits per heavy atom. The summed E-state index contributed by atoms with van der Waals surface area (Å²) in [5, 5.41) is 23.7. The number of aliphatic carboxylic acids is 1. The van der Waals surface area contributed by atoms with Gasteiger partial charge in [-0.15, -0.1) is 0 Å². The molecule has 1 aliphatic rings. The van der Waals surface area contributed by atoms with E-state index in [1.54, 1.807) is 12.1 Å². The maximum atomic E-state index is 12.6. The molecule has 0 spiro atoms. The molecule has 0 aliphatic heterocycles. The molecule has 3 aromatic carbocycles. The summed E-state index contributed by atoms with van der Waals surface area (Å²) in [5.74, 6) is -2.23. The lowest BCUT2D eigenvalue weighted by Gasteiger charge is -2.18. The van der Waals surface area contributed by atoms with Crippen molar-refractivity contribution < 1.29 is 29.3 Å². The lowest BCUT2D eigenvalue weighted by molar-refractivity contribution is -0.141. The van der Waals surface area contributed by atoms with Crippen molar-refractivity contribution in [3.05, 3.63) is 89.5 Å². The second-order valence-corrected chi connectivity index (χ2v) is 8.03. The molecule has 34 heavy (non-hydrogen) atoms. The van der Waals surface area contributed by atoms with E-state index in [4.69, 9.17) is 4.74 Å². The molecule has 1 aliphatic carbocycles. The van der Waals surface area contributed by atoms with E-state index in [0.29, 0.717) is 0 Å². The molecule has 8 heteroatoms. The Balaban J connectivity index is 1.46. The molecule has 0 heterocycles. The largest absolute Gasteiger partial charge is 0.480 e. The van der Waals surface area contributed by atoms with E-state index < -0.39 is 30.1 Å². The molecule has 0 saturated heterocycles. The topological polar surface area (TPSA) is 125 Å². The maximum absolute atomic E-state index is 12.6. The second-order valence-electron chi connectivity index (χ2n) is 8.03. The van der Waals surface area contributed by atoms with Crippen LogP contribution in [0.3, 0.4) is 0 Å². The number of benzene rings is 3.